The first kappa shape index (κ1) is 13.7. The molecule has 104 valence electrons. The van der Waals surface area contributed by atoms with Gasteiger partial charge >= 0.3 is 0 Å². The third-order valence-electron chi connectivity index (χ3n) is 2.53. The molecule has 1 heterocycles. The summed E-state index contributed by atoms with van der Waals surface area (Å²) in [5.74, 6) is -0.535. The minimum absolute atomic E-state index is 0.147. The lowest BCUT2D eigenvalue weighted by Crippen LogP contribution is -2.23. The van der Waals surface area contributed by atoms with Crippen LogP contribution in [0.3, 0.4) is 0 Å². The number of nitro benzene ring substituents is 1. The van der Waals surface area contributed by atoms with Crippen LogP contribution in [0.2, 0.25) is 0 Å². The summed E-state index contributed by atoms with van der Waals surface area (Å²) >= 11 is 0. The number of carbonyl (C=O) groups excluding carboxylic acids is 1. The maximum Gasteiger partial charge on any atom is 0.294 e. The average Bonchev–Trinajstić information content (AvgIpc) is 2.98. The summed E-state index contributed by atoms with van der Waals surface area (Å²) in [6, 6.07) is 4.17. The van der Waals surface area contributed by atoms with Crippen molar-refractivity contribution < 1.29 is 14.6 Å². The van der Waals surface area contributed by atoms with E-state index in [9.17, 15) is 14.9 Å². The first-order chi connectivity index (χ1) is 9.63. The Hall–Kier alpha value is -2.74. The minimum Gasteiger partial charge on any atom is -0.300 e. The fraction of sp³-hybridized carbons (Fsp3) is 0.167. The molecular formula is C12H12N4O4. The van der Waals surface area contributed by atoms with Gasteiger partial charge < -0.3 is 4.57 Å². The molecule has 1 aromatic heterocycles. The number of aromatic nitrogens is 2. The van der Waals surface area contributed by atoms with Crippen LogP contribution < -0.4 is 5.48 Å². The quantitative estimate of drug-likeness (QED) is 0.658. The van der Waals surface area contributed by atoms with Crippen molar-refractivity contribution in [1.29, 1.82) is 0 Å². The molecule has 0 spiro atoms. The van der Waals surface area contributed by atoms with E-state index in [0.717, 1.165) is 0 Å². The van der Waals surface area contributed by atoms with Gasteiger partial charge in [0.05, 0.1) is 17.9 Å². The number of hydroxylamine groups is 1. The average molecular weight is 276 g/mol. The summed E-state index contributed by atoms with van der Waals surface area (Å²) < 4.78 is 1.50. The van der Waals surface area contributed by atoms with Gasteiger partial charge in [-0.2, -0.15) is 0 Å². The predicted octanol–water partition coefficient (Wildman–Crippen LogP) is 1.46. The van der Waals surface area contributed by atoms with Crippen LogP contribution >= 0.6 is 0 Å². The van der Waals surface area contributed by atoms with E-state index in [2.05, 4.69) is 10.5 Å². The van der Waals surface area contributed by atoms with Crippen molar-refractivity contribution in [2.24, 2.45) is 0 Å². The van der Waals surface area contributed by atoms with Gasteiger partial charge in [-0.05, 0) is 19.1 Å². The second-order valence-electron chi connectivity index (χ2n) is 3.79. The Morgan fingerprint density at radius 1 is 1.55 bits per heavy atom. The molecule has 2 rings (SSSR count). The van der Waals surface area contributed by atoms with Crippen molar-refractivity contribution in [2.45, 2.75) is 6.92 Å². The molecule has 0 saturated heterocycles. The van der Waals surface area contributed by atoms with E-state index in [4.69, 9.17) is 4.84 Å². The van der Waals surface area contributed by atoms with Gasteiger partial charge in [0.1, 0.15) is 5.69 Å². The SMILES string of the molecule is CCONC(=O)c1ccc(-n2ccnc2)c([N+](=O)[O-])c1. The van der Waals surface area contributed by atoms with Crippen LogP contribution in [-0.4, -0.2) is 27.0 Å². The predicted molar refractivity (Wildman–Crippen MR) is 69.3 cm³/mol. The van der Waals surface area contributed by atoms with Gasteiger partial charge in [-0.3, -0.25) is 19.7 Å². The first-order valence-corrected chi connectivity index (χ1v) is 5.82. The Kier molecular flexibility index (Phi) is 4.06. The van der Waals surface area contributed by atoms with Crippen molar-refractivity contribution in [3.05, 3.63) is 52.6 Å². The van der Waals surface area contributed by atoms with E-state index in [1.807, 2.05) is 0 Å². The van der Waals surface area contributed by atoms with Gasteiger partial charge in [0.2, 0.25) is 0 Å². The highest BCUT2D eigenvalue weighted by atomic mass is 16.6. The zero-order valence-corrected chi connectivity index (χ0v) is 10.6. The number of rotatable bonds is 5. The zero-order chi connectivity index (χ0) is 14.5. The Bertz CT molecular complexity index is 624. The first-order valence-electron chi connectivity index (χ1n) is 5.82. The third kappa shape index (κ3) is 2.81. The highest BCUT2D eigenvalue weighted by Crippen LogP contribution is 2.24. The standard InChI is InChI=1S/C12H12N4O4/c1-2-20-14-12(17)9-3-4-10(11(7-9)16(18)19)15-6-5-13-8-15/h3-8H,2H2,1H3,(H,14,17). The Labute approximate surface area is 114 Å². The summed E-state index contributed by atoms with van der Waals surface area (Å²) in [7, 11) is 0. The van der Waals surface area contributed by atoms with Gasteiger partial charge in [-0.1, -0.05) is 0 Å². The number of imidazole rings is 1. The molecule has 20 heavy (non-hydrogen) atoms. The molecule has 1 amide bonds. The molecule has 0 atom stereocenters. The Morgan fingerprint density at radius 2 is 2.35 bits per heavy atom. The largest absolute Gasteiger partial charge is 0.300 e. The van der Waals surface area contributed by atoms with Crippen molar-refractivity contribution in [2.75, 3.05) is 6.61 Å². The third-order valence-corrected chi connectivity index (χ3v) is 2.53. The van der Waals surface area contributed by atoms with Gasteiger partial charge in [-0.25, -0.2) is 10.5 Å². The molecule has 0 fully saturated rings. The molecule has 1 aromatic carbocycles. The Morgan fingerprint density at radius 3 is 2.95 bits per heavy atom. The fourth-order valence-electron chi connectivity index (χ4n) is 1.63. The van der Waals surface area contributed by atoms with E-state index < -0.39 is 10.8 Å². The fourth-order valence-corrected chi connectivity index (χ4v) is 1.63. The second-order valence-corrected chi connectivity index (χ2v) is 3.79. The van der Waals surface area contributed by atoms with Crippen LogP contribution in [0.1, 0.15) is 17.3 Å². The van der Waals surface area contributed by atoms with Gasteiger partial charge in [0.15, 0.2) is 0 Å². The molecule has 0 saturated carbocycles. The lowest BCUT2D eigenvalue weighted by Gasteiger charge is -2.07. The monoisotopic (exact) mass is 276 g/mol. The second kappa shape index (κ2) is 5.93. The molecule has 0 bridgehead atoms. The molecular weight excluding hydrogens is 264 g/mol. The smallest absolute Gasteiger partial charge is 0.294 e. The summed E-state index contributed by atoms with van der Waals surface area (Å²) in [5, 5.41) is 11.1. The van der Waals surface area contributed by atoms with E-state index in [1.165, 1.54) is 35.3 Å². The van der Waals surface area contributed by atoms with Crippen molar-refractivity contribution in [1.82, 2.24) is 15.0 Å². The summed E-state index contributed by atoms with van der Waals surface area (Å²) in [4.78, 5) is 30.9. The van der Waals surface area contributed by atoms with Crippen LogP contribution in [0.4, 0.5) is 5.69 Å². The number of hydrogen-bond acceptors (Lipinski definition) is 5. The highest BCUT2D eigenvalue weighted by molar-refractivity contribution is 5.94. The summed E-state index contributed by atoms with van der Waals surface area (Å²) in [6.45, 7) is 2.02. The van der Waals surface area contributed by atoms with E-state index in [1.54, 1.807) is 13.1 Å². The molecule has 0 aliphatic carbocycles. The number of hydrogen-bond donors (Lipinski definition) is 1. The number of amides is 1. The molecule has 8 heteroatoms. The molecule has 0 unspecified atom stereocenters. The Balaban J connectivity index is 2.38. The van der Waals surface area contributed by atoms with Gasteiger partial charge in [0.25, 0.3) is 11.6 Å². The van der Waals surface area contributed by atoms with Crippen LogP contribution in [0.15, 0.2) is 36.9 Å². The minimum atomic E-state index is -0.549. The van der Waals surface area contributed by atoms with Gasteiger partial charge in [0, 0.05) is 24.0 Å². The summed E-state index contributed by atoms with van der Waals surface area (Å²) in [6.07, 6.45) is 4.55. The summed E-state index contributed by atoms with van der Waals surface area (Å²) in [5.41, 5.74) is 2.48. The normalized spacial score (nSPS) is 10.2. The van der Waals surface area contributed by atoms with Crippen molar-refractivity contribution in [3.8, 4) is 5.69 Å². The van der Waals surface area contributed by atoms with Crippen LogP contribution in [0, 0.1) is 10.1 Å². The molecule has 0 aliphatic heterocycles. The number of nitrogens with zero attached hydrogens (tertiary/aromatic N) is 3. The molecule has 0 radical (unpaired) electrons. The molecule has 2 aromatic rings. The lowest BCUT2D eigenvalue weighted by molar-refractivity contribution is -0.384. The maximum absolute atomic E-state index is 11.7. The lowest BCUT2D eigenvalue weighted by atomic mass is 10.1. The zero-order valence-electron chi connectivity index (χ0n) is 10.6. The number of nitrogens with one attached hydrogen (secondary N) is 1. The van der Waals surface area contributed by atoms with Gasteiger partial charge in [-0.15, -0.1) is 0 Å². The molecule has 8 nitrogen and oxygen atoms in total. The number of carbonyl (C=O) groups is 1. The van der Waals surface area contributed by atoms with Crippen LogP contribution in [0.5, 0.6) is 0 Å². The van der Waals surface area contributed by atoms with Crippen LogP contribution in [-0.2, 0) is 4.84 Å². The van der Waals surface area contributed by atoms with Crippen LogP contribution in [0.25, 0.3) is 5.69 Å². The number of benzene rings is 1. The van der Waals surface area contributed by atoms with E-state index in [0.29, 0.717) is 12.3 Å². The molecule has 0 aliphatic rings. The maximum atomic E-state index is 11.7. The highest BCUT2D eigenvalue weighted by Gasteiger charge is 2.18. The topological polar surface area (TPSA) is 99.3 Å². The van der Waals surface area contributed by atoms with Crippen molar-refractivity contribution in [3.63, 3.8) is 0 Å². The van der Waals surface area contributed by atoms with Crippen molar-refractivity contribution >= 4 is 11.6 Å². The number of nitro groups is 1. The van der Waals surface area contributed by atoms with E-state index >= 15 is 0 Å². The van der Waals surface area contributed by atoms with E-state index in [-0.39, 0.29) is 11.3 Å². The molecule has 1 N–H and O–H groups in total.